The van der Waals surface area contributed by atoms with Gasteiger partial charge in [0.15, 0.2) is 0 Å². The molecule has 0 radical (unpaired) electrons. The van der Waals surface area contributed by atoms with Crippen molar-refractivity contribution in [3.05, 3.63) is 16.1 Å². The number of rotatable bonds is 4. The highest BCUT2D eigenvalue weighted by Gasteiger charge is 2.30. The molecule has 0 aromatic carbocycles. The smallest absolute Gasteiger partial charge is 0.110 e. The maximum Gasteiger partial charge on any atom is 0.110 e. The van der Waals surface area contributed by atoms with Gasteiger partial charge in [-0.25, -0.2) is 4.98 Å². The van der Waals surface area contributed by atoms with Crippen LogP contribution in [0.1, 0.15) is 49.5 Å². The fraction of sp³-hybridized carbons (Fsp3) is 0.786. The number of thiazole rings is 1. The zero-order valence-corrected chi connectivity index (χ0v) is 12.8. The maximum absolute atomic E-state index is 4.57. The average molecular weight is 267 g/mol. The Bertz CT molecular complexity index is 377. The number of piperazine rings is 1. The fourth-order valence-electron chi connectivity index (χ4n) is 2.72. The maximum atomic E-state index is 4.57. The molecule has 1 aliphatic heterocycles. The molecule has 1 aromatic heterocycles. The van der Waals surface area contributed by atoms with Crippen LogP contribution in [0.5, 0.6) is 0 Å². The average Bonchev–Trinajstić information content (AvgIpc) is 2.83. The van der Waals surface area contributed by atoms with Crippen LogP contribution in [0, 0.1) is 6.92 Å². The Morgan fingerprint density at radius 3 is 2.83 bits per heavy atom. The van der Waals surface area contributed by atoms with E-state index >= 15 is 0 Å². The molecule has 0 bridgehead atoms. The van der Waals surface area contributed by atoms with Crippen molar-refractivity contribution in [1.82, 2.24) is 15.2 Å². The minimum atomic E-state index is 0.449. The molecule has 2 rings (SSSR count). The van der Waals surface area contributed by atoms with E-state index in [1.54, 1.807) is 0 Å². The monoisotopic (exact) mass is 267 g/mol. The van der Waals surface area contributed by atoms with E-state index in [1.807, 2.05) is 17.5 Å². The molecule has 1 saturated heterocycles. The first-order chi connectivity index (χ1) is 8.65. The van der Waals surface area contributed by atoms with Gasteiger partial charge in [0.25, 0.3) is 0 Å². The standard InChI is InChI=1S/C14H25N3S/c1-5-12-9-17(13(6-2)8-15-12)11(4)14-16-7-10(3)18-14/h7,11-13,15H,5-6,8-9H2,1-4H3. The first-order valence-electron chi connectivity index (χ1n) is 7.07. The number of nitrogens with one attached hydrogen (secondary N) is 1. The van der Waals surface area contributed by atoms with E-state index in [9.17, 15) is 0 Å². The van der Waals surface area contributed by atoms with Gasteiger partial charge in [0.05, 0.1) is 6.04 Å². The summed E-state index contributed by atoms with van der Waals surface area (Å²) in [6, 6.07) is 1.73. The first kappa shape index (κ1) is 14.0. The van der Waals surface area contributed by atoms with Crippen LogP contribution < -0.4 is 5.32 Å². The second kappa shape index (κ2) is 6.13. The van der Waals surface area contributed by atoms with Crippen LogP contribution in [0.4, 0.5) is 0 Å². The molecule has 1 fully saturated rings. The highest BCUT2D eigenvalue weighted by atomic mass is 32.1. The Labute approximate surface area is 115 Å². The van der Waals surface area contributed by atoms with Gasteiger partial charge in [-0.15, -0.1) is 11.3 Å². The van der Waals surface area contributed by atoms with E-state index in [4.69, 9.17) is 0 Å². The summed E-state index contributed by atoms with van der Waals surface area (Å²) >= 11 is 1.84. The SMILES string of the molecule is CCC1CN(C(C)c2ncc(C)s2)C(CC)CN1. The third kappa shape index (κ3) is 2.92. The number of aryl methyl sites for hydroxylation is 1. The lowest BCUT2D eigenvalue weighted by molar-refractivity contribution is 0.0849. The van der Waals surface area contributed by atoms with Crippen molar-refractivity contribution in [3.8, 4) is 0 Å². The summed E-state index contributed by atoms with van der Waals surface area (Å²) in [7, 11) is 0. The van der Waals surface area contributed by atoms with Crippen molar-refractivity contribution in [3.63, 3.8) is 0 Å². The van der Waals surface area contributed by atoms with Crippen LogP contribution >= 0.6 is 11.3 Å². The summed E-state index contributed by atoms with van der Waals surface area (Å²) in [5.74, 6) is 0. The van der Waals surface area contributed by atoms with Gasteiger partial charge in [0.1, 0.15) is 5.01 Å². The van der Waals surface area contributed by atoms with Crippen LogP contribution in [0.25, 0.3) is 0 Å². The van der Waals surface area contributed by atoms with E-state index in [-0.39, 0.29) is 0 Å². The van der Waals surface area contributed by atoms with Gasteiger partial charge in [-0.3, -0.25) is 4.90 Å². The zero-order chi connectivity index (χ0) is 13.1. The van der Waals surface area contributed by atoms with Crippen LogP contribution in [-0.2, 0) is 0 Å². The van der Waals surface area contributed by atoms with Gasteiger partial charge in [-0.05, 0) is 26.7 Å². The second-order valence-electron chi connectivity index (χ2n) is 5.26. The third-order valence-corrected chi connectivity index (χ3v) is 5.08. The van der Waals surface area contributed by atoms with Crippen molar-refractivity contribution in [1.29, 1.82) is 0 Å². The predicted octanol–water partition coefficient (Wildman–Crippen LogP) is 2.97. The van der Waals surface area contributed by atoms with Crippen LogP contribution in [0.15, 0.2) is 6.20 Å². The lowest BCUT2D eigenvalue weighted by Gasteiger charge is -2.42. The van der Waals surface area contributed by atoms with Gasteiger partial charge in [-0.2, -0.15) is 0 Å². The topological polar surface area (TPSA) is 28.2 Å². The molecule has 3 atom stereocenters. The molecule has 0 spiro atoms. The minimum Gasteiger partial charge on any atom is -0.311 e. The Morgan fingerprint density at radius 1 is 1.50 bits per heavy atom. The predicted molar refractivity (Wildman–Crippen MR) is 78.1 cm³/mol. The number of hydrogen-bond donors (Lipinski definition) is 1. The van der Waals surface area contributed by atoms with Crippen LogP contribution in [-0.4, -0.2) is 35.1 Å². The molecule has 3 nitrogen and oxygen atoms in total. The van der Waals surface area contributed by atoms with Gasteiger partial charge in [0.2, 0.25) is 0 Å². The highest BCUT2D eigenvalue weighted by Crippen LogP contribution is 2.28. The second-order valence-corrected chi connectivity index (χ2v) is 6.52. The lowest BCUT2D eigenvalue weighted by atomic mass is 10.0. The van der Waals surface area contributed by atoms with E-state index in [1.165, 1.54) is 22.7 Å². The molecule has 0 amide bonds. The highest BCUT2D eigenvalue weighted by molar-refractivity contribution is 7.11. The van der Waals surface area contributed by atoms with Crippen molar-refractivity contribution >= 4 is 11.3 Å². The Kier molecular flexibility index (Phi) is 4.76. The number of aromatic nitrogens is 1. The molecule has 2 heterocycles. The van der Waals surface area contributed by atoms with Crippen molar-refractivity contribution in [2.24, 2.45) is 0 Å². The molecule has 102 valence electrons. The summed E-state index contributed by atoms with van der Waals surface area (Å²) in [4.78, 5) is 8.52. The van der Waals surface area contributed by atoms with E-state index < -0.39 is 0 Å². The largest absolute Gasteiger partial charge is 0.311 e. The Balaban J connectivity index is 2.12. The van der Waals surface area contributed by atoms with E-state index in [2.05, 4.69) is 42.9 Å². The molecule has 0 saturated carbocycles. The minimum absolute atomic E-state index is 0.449. The summed E-state index contributed by atoms with van der Waals surface area (Å²) in [5, 5.41) is 4.92. The van der Waals surface area contributed by atoms with E-state index in [0.717, 1.165) is 13.1 Å². The molecule has 0 aliphatic carbocycles. The molecular weight excluding hydrogens is 242 g/mol. The number of nitrogens with zero attached hydrogens (tertiary/aromatic N) is 2. The third-order valence-electron chi connectivity index (χ3n) is 4.00. The first-order valence-corrected chi connectivity index (χ1v) is 7.88. The van der Waals surface area contributed by atoms with Gasteiger partial charge in [-0.1, -0.05) is 13.8 Å². The van der Waals surface area contributed by atoms with Crippen molar-refractivity contribution in [2.45, 2.75) is 58.7 Å². The zero-order valence-electron chi connectivity index (χ0n) is 11.9. The number of hydrogen-bond acceptors (Lipinski definition) is 4. The molecular formula is C14H25N3S. The summed E-state index contributed by atoms with van der Waals surface area (Å²) in [6.07, 6.45) is 4.41. The molecule has 3 unspecified atom stereocenters. The summed E-state index contributed by atoms with van der Waals surface area (Å²) in [5.41, 5.74) is 0. The lowest BCUT2D eigenvalue weighted by Crippen LogP contribution is -2.56. The van der Waals surface area contributed by atoms with Crippen molar-refractivity contribution < 1.29 is 0 Å². The Hall–Kier alpha value is -0.450. The summed E-state index contributed by atoms with van der Waals surface area (Å²) < 4.78 is 0. The quantitative estimate of drug-likeness (QED) is 0.909. The molecule has 18 heavy (non-hydrogen) atoms. The molecule has 1 aromatic rings. The summed E-state index contributed by atoms with van der Waals surface area (Å²) in [6.45, 7) is 11.3. The van der Waals surface area contributed by atoms with Gasteiger partial charge < -0.3 is 5.32 Å². The normalized spacial score (nSPS) is 27.3. The Morgan fingerprint density at radius 2 is 2.28 bits per heavy atom. The molecule has 1 N–H and O–H groups in total. The van der Waals surface area contributed by atoms with Crippen LogP contribution in [0.3, 0.4) is 0 Å². The van der Waals surface area contributed by atoms with Gasteiger partial charge in [0, 0.05) is 36.2 Å². The van der Waals surface area contributed by atoms with Crippen molar-refractivity contribution in [2.75, 3.05) is 13.1 Å². The fourth-order valence-corrected chi connectivity index (χ4v) is 3.57. The molecule has 1 aliphatic rings. The van der Waals surface area contributed by atoms with E-state index in [0.29, 0.717) is 18.1 Å². The molecule has 4 heteroatoms. The van der Waals surface area contributed by atoms with Gasteiger partial charge >= 0.3 is 0 Å². The van der Waals surface area contributed by atoms with Crippen LogP contribution in [0.2, 0.25) is 0 Å².